The first-order valence-electron chi connectivity index (χ1n) is 8.25. The third-order valence-corrected chi connectivity index (χ3v) is 4.25. The Morgan fingerprint density at radius 3 is 2.15 bits per heavy atom. The molecule has 0 fully saturated rings. The van der Waals surface area contributed by atoms with Gasteiger partial charge in [0.1, 0.15) is 5.71 Å². The second-order valence-electron chi connectivity index (χ2n) is 5.92. The fraction of sp³-hybridized carbons (Fsp3) is 0.158. The summed E-state index contributed by atoms with van der Waals surface area (Å²) in [5, 5.41) is 11.2. The van der Waals surface area contributed by atoms with Crippen LogP contribution in [0, 0.1) is 0 Å². The molecule has 0 radical (unpaired) electrons. The molecule has 3 rings (SSSR count). The van der Waals surface area contributed by atoms with E-state index in [9.17, 15) is 14.4 Å². The van der Waals surface area contributed by atoms with Crippen LogP contribution in [0.25, 0.3) is 0 Å². The molecule has 1 aliphatic rings. The molecule has 3 amide bonds. The summed E-state index contributed by atoms with van der Waals surface area (Å²) in [6.07, 6.45) is 0.506. The Labute approximate surface area is 161 Å². The Morgan fingerprint density at radius 1 is 0.963 bits per heavy atom. The Balaban J connectivity index is 1.75. The van der Waals surface area contributed by atoms with Gasteiger partial charge in [-0.2, -0.15) is 5.10 Å². The third kappa shape index (κ3) is 4.51. The van der Waals surface area contributed by atoms with E-state index in [0.29, 0.717) is 22.0 Å². The van der Waals surface area contributed by atoms with E-state index in [4.69, 9.17) is 11.6 Å². The molecule has 27 heavy (non-hydrogen) atoms. The summed E-state index contributed by atoms with van der Waals surface area (Å²) in [6.45, 7) is 0. The summed E-state index contributed by atoms with van der Waals surface area (Å²) in [7, 11) is 1.51. The lowest BCUT2D eigenvalue weighted by molar-refractivity contribution is -0.130. The maximum absolute atomic E-state index is 12.5. The largest absolute Gasteiger partial charge is 0.320 e. The molecule has 0 bridgehead atoms. The second kappa shape index (κ2) is 8.01. The number of carbonyl (C=O) groups excluding carboxylic acids is 3. The van der Waals surface area contributed by atoms with Crippen LogP contribution in [0.15, 0.2) is 53.6 Å². The molecule has 2 N–H and O–H groups in total. The van der Waals surface area contributed by atoms with Crippen LogP contribution in [0.3, 0.4) is 0 Å². The number of nitrogens with zero attached hydrogens (tertiary/aromatic N) is 2. The number of hydrogen-bond acceptors (Lipinski definition) is 4. The van der Waals surface area contributed by atoms with Gasteiger partial charge in [0.15, 0.2) is 0 Å². The molecule has 0 unspecified atom stereocenters. The number of benzene rings is 2. The summed E-state index contributed by atoms with van der Waals surface area (Å²) < 4.78 is 0. The summed E-state index contributed by atoms with van der Waals surface area (Å²) in [4.78, 5) is 36.4. The molecule has 0 spiro atoms. The zero-order valence-corrected chi connectivity index (χ0v) is 15.3. The lowest BCUT2D eigenvalue weighted by Gasteiger charge is -2.19. The number of hydrazone groups is 1. The van der Waals surface area contributed by atoms with Crippen molar-refractivity contribution in [3.8, 4) is 0 Å². The van der Waals surface area contributed by atoms with E-state index in [0.717, 1.165) is 5.01 Å². The van der Waals surface area contributed by atoms with Gasteiger partial charge in [-0.05, 0) is 36.4 Å². The summed E-state index contributed by atoms with van der Waals surface area (Å²) in [6, 6.07) is 13.3. The highest BCUT2D eigenvalue weighted by Gasteiger charge is 2.22. The van der Waals surface area contributed by atoms with Crippen LogP contribution >= 0.6 is 11.6 Å². The van der Waals surface area contributed by atoms with Gasteiger partial charge in [0.25, 0.3) is 11.8 Å². The fourth-order valence-electron chi connectivity index (χ4n) is 2.52. The van der Waals surface area contributed by atoms with Crippen LogP contribution in [0.1, 0.15) is 23.2 Å². The van der Waals surface area contributed by atoms with Crippen molar-refractivity contribution in [1.29, 1.82) is 0 Å². The Bertz CT molecular complexity index is 925. The molecule has 8 heteroatoms. The monoisotopic (exact) mass is 384 g/mol. The van der Waals surface area contributed by atoms with Crippen LogP contribution in [-0.2, 0) is 9.59 Å². The Morgan fingerprint density at radius 2 is 1.56 bits per heavy atom. The standard InChI is InChI=1S/C19H17ClN4O3/c1-24-17(25)11-10-16(23-24)19(27)22-15-5-3-2-4-14(15)21-18(26)12-6-8-13(20)9-7-12/h2-9H,10-11H2,1H3,(H,21,26)(H,22,27). The van der Waals surface area contributed by atoms with Crippen LogP contribution in [0.4, 0.5) is 11.4 Å². The summed E-state index contributed by atoms with van der Waals surface area (Å²) in [5.41, 5.74) is 1.59. The van der Waals surface area contributed by atoms with Crippen molar-refractivity contribution in [2.75, 3.05) is 17.7 Å². The minimum absolute atomic E-state index is 0.137. The molecule has 0 aromatic heterocycles. The second-order valence-corrected chi connectivity index (χ2v) is 6.36. The number of anilines is 2. The average Bonchev–Trinajstić information content (AvgIpc) is 2.66. The number of nitrogens with one attached hydrogen (secondary N) is 2. The van der Waals surface area contributed by atoms with Gasteiger partial charge in [0.05, 0.1) is 11.4 Å². The van der Waals surface area contributed by atoms with Crippen molar-refractivity contribution >= 4 is 46.4 Å². The molecule has 1 heterocycles. The molecule has 0 aliphatic carbocycles. The molecule has 7 nitrogen and oxygen atoms in total. The normalized spacial score (nSPS) is 13.8. The topological polar surface area (TPSA) is 90.9 Å². The highest BCUT2D eigenvalue weighted by Crippen LogP contribution is 2.23. The molecule has 0 saturated carbocycles. The molecule has 0 saturated heterocycles. The first kappa shape index (κ1) is 18.6. The molecule has 138 valence electrons. The predicted molar refractivity (Wildman–Crippen MR) is 104 cm³/mol. The number of halogens is 1. The molecule has 0 atom stereocenters. The van der Waals surface area contributed by atoms with E-state index in [1.807, 2.05) is 0 Å². The SMILES string of the molecule is CN1N=C(C(=O)Nc2ccccc2NC(=O)c2ccc(Cl)cc2)CCC1=O. The summed E-state index contributed by atoms with van der Waals surface area (Å²) in [5.74, 6) is -0.876. The van der Waals surface area contributed by atoms with E-state index >= 15 is 0 Å². The smallest absolute Gasteiger partial charge is 0.271 e. The maximum Gasteiger partial charge on any atom is 0.271 e. The third-order valence-electron chi connectivity index (χ3n) is 4.00. The number of carbonyl (C=O) groups is 3. The van der Waals surface area contributed by atoms with E-state index < -0.39 is 5.91 Å². The van der Waals surface area contributed by atoms with Gasteiger partial charge in [-0.3, -0.25) is 14.4 Å². The van der Waals surface area contributed by atoms with E-state index in [-0.39, 0.29) is 30.4 Å². The van der Waals surface area contributed by atoms with Crippen LogP contribution in [-0.4, -0.2) is 35.5 Å². The van der Waals surface area contributed by atoms with Gasteiger partial charge < -0.3 is 10.6 Å². The molecular weight excluding hydrogens is 368 g/mol. The van der Waals surface area contributed by atoms with E-state index in [1.54, 1.807) is 48.5 Å². The van der Waals surface area contributed by atoms with Gasteiger partial charge in [0.2, 0.25) is 5.91 Å². The zero-order chi connectivity index (χ0) is 19.4. The highest BCUT2D eigenvalue weighted by atomic mass is 35.5. The fourth-order valence-corrected chi connectivity index (χ4v) is 2.65. The van der Waals surface area contributed by atoms with Crippen molar-refractivity contribution in [3.63, 3.8) is 0 Å². The van der Waals surface area contributed by atoms with Crippen molar-refractivity contribution in [2.45, 2.75) is 12.8 Å². The van der Waals surface area contributed by atoms with Gasteiger partial charge in [0, 0.05) is 30.5 Å². The van der Waals surface area contributed by atoms with Crippen molar-refractivity contribution in [2.24, 2.45) is 5.10 Å². The van der Waals surface area contributed by atoms with E-state index in [2.05, 4.69) is 15.7 Å². The lowest BCUT2D eigenvalue weighted by atomic mass is 10.1. The minimum Gasteiger partial charge on any atom is -0.320 e. The molecule has 1 aliphatic heterocycles. The average molecular weight is 385 g/mol. The first-order chi connectivity index (χ1) is 12.9. The lowest BCUT2D eigenvalue weighted by Crippen LogP contribution is -2.34. The molecule has 2 aromatic carbocycles. The van der Waals surface area contributed by atoms with Crippen LogP contribution in [0.2, 0.25) is 5.02 Å². The first-order valence-corrected chi connectivity index (χ1v) is 8.63. The van der Waals surface area contributed by atoms with Crippen molar-refractivity contribution < 1.29 is 14.4 Å². The zero-order valence-electron chi connectivity index (χ0n) is 14.5. The Kier molecular flexibility index (Phi) is 5.52. The van der Waals surface area contributed by atoms with Crippen LogP contribution in [0.5, 0.6) is 0 Å². The number of amides is 3. The van der Waals surface area contributed by atoms with Gasteiger partial charge in [-0.15, -0.1) is 0 Å². The van der Waals surface area contributed by atoms with Gasteiger partial charge in [-0.25, -0.2) is 5.01 Å². The van der Waals surface area contributed by atoms with Crippen molar-refractivity contribution in [1.82, 2.24) is 5.01 Å². The van der Waals surface area contributed by atoms with Crippen LogP contribution < -0.4 is 10.6 Å². The summed E-state index contributed by atoms with van der Waals surface area (Å²) >= 11 is 5.84. The predicted octanol–water partition coefficient (Wildman–Crippen LogP) is 3.14. The minimum atomic E-state index is -0.414. The number of hydrogen-bond donors (Lipinski definition) is 2. The van der Waals surface area contributed by atoms with Gasteiger partial charge >= 0.3 is 0 Å². The molecule has 2 aromatic rings. The maximum atomic E-state index is 12.5. The van der Waals surface area contributed by atoms with Crippen molar-refractivity contribution in [3.05, 3.63) is 59.1 Å². The Hall–Kier alpha value is -3.19. The van der Waals surface area contributed by atoms with Gasteiger partial charge in [-0.1, -0.05) is 23.7 Å². The quantitative estimate of drug-likeness (QED) is 0.848. The number of rotatable bonds is 4. The highest BCUT2D eigenvalue weighted by molar-refractivity contribution is 6.43. The molecular formula is C19H17ClN4O3. The van der Waals surface area contributed by atoms with E-state index in [1.165, 1.54) is 7.05 Å². The number of para-hydroxylation sites is 2.